The Morgan fingerprint density at radius 2 is 1.60 bits per heavy atom. The molecular weight excluding hydrogens is 108 g/mol. The van der Waals surface area contributed by atoms with Crippen molar-refractivity contribution in [1.29, 1.82) is 5.41 Å². The van der Waals surface area contributed by atoms with Crippen LogP contribution in [0.3, 0.4) is 0 Å². The molecule has 0 bridgehead atoms. The van der Waals surface area contributed by atoms with Crippen LogP contribution in [0.4, 0.5) is 0 Å². The van der Waals surface area contributed by atoms with Crippen LogP contribution in [0.1, 0.15) is 0 Å². The predicted molar refractivity (Wildman–Crippen MR) is 26.8 cm³/mol. The molecule has 1 unspecified atom stereocenters. The van der Waals surface area contributed by atoms with Crippen molar-refractivity contribution in [2.75, 3.05) is 0 Å². The molecule has 0 aliphatic heterocycles. The number of rotatable bonds is 0. The van der Waals surface area contributed by atoms with E-state index in [-0.39, 0.29) is 22.3 Å². The molecule has 0 aliphatic carbocycles. The third-order valence-electron chi connectivity index (χ3n) is 0. The van der Waals surface area contributed by atoms with Crippen LogP contribution >= 0.6 is 22.3 Å². The largest absolute Gasteiger partial charge is 0.231 e. The van der Waals surface area contributed by atoms with Crippen LogP contribution < -0.4 is 0 Å². The van der Waals surface area contributed by atoms with Gasteiger partial charge in [-0.2, -0.15) is 9.90 Å². The molecule has 0 aromatic heterocycles. The molecule has 4 heteroatoms. The minimum Gasteiger partial charge on any atom is -0.222 e. The Bertz CT molecular complexity index is 32.6. The van der Waals surface area contributed by atoms with Gasteiger partial charge in [0.1, 0.15) is 0 Å². The van der Waals surface area contributed by atoms with Crippen LogP contribution in [0.2, 0.25) is 0 Å². The fraction of sp³-hybridized carbons (Fsp3) is 0. The smallest absolute Gasteiger partial charge is 0.222 e. The van der Waals surface area contributed by atoms with Crippen molar-refractivity contribution in [3.63, 3.8) is 0 Å². The van der Waals surface area contributed by atoms with Gasteiger partial charge in [0.25, 0.3) is 0 Å². The second-order valence-corrected chi connectivity index (χ2v) is 0.102. The summed E-state index contributed by atoms with van der Waals surface area (Å²) < 4.78 is 0. The molecule has 32 valence electrons. The van der Waals surface area contributed by atoms with Gasteiger partial charge in [0.2, 0.25) is 6.08 Å². The molecule has 0 rings (SSSR count). The van der Waals surface area contributed by atoms with Crippen LogP contribution in [0.15, 0.2) is 0 Å². The van der Waals surface area contributed by atoms with Crippen LogP contribution in [-0.4, -0.2) is 6.08 Å². The molecule has 5 heavy (non-hydrogen) atoms. The highest BCUT2D eigenvalue weighted by molar-refractivity contribution is 6.92. The Labute approximate surface area is 39.5 Å². The standard InChI is InChI=1S/CHNO.ClH.H3P/c2-1-3;;/h2H;1H;1H3. The summed E-state index contributed by atoms with van der Waals surface area (Å²) in [5, 5.41) is 5.40. The summed E-state index contributed by atoms with van der Waals surface area (Å²) >= 11 is 0. The summed E-state index contributed by atoms with van der Waals surface area (Å²) in [5.41, 5.74) is 0. The summed E-state index contributed by atoms with van der Waals surface area (Å²) in [6, 6.07) is 0. The first-order valence-corrected chi connectivity index (χ1v) is 0.454. The first-order valence-electron chi connectivity index (χ1n) is 0.454. The van der Waals surface area contributed by atoms with E-state index in [0.29, 0.717) is 0 Å². The van der Waals surface area contributed by atoms with Gasteiger partial charge < -0.3 is 0 Å². The SMILES string of the molecule is Cl.N=C=O.P. The number of hydrogen-bond donors (Lipinski definition) is 1. The van der Waals surface area contributed by atoms with Gasteiger partial charge in [0.15, 0.2) is 0 Å². The summed E-state index contributed by atoms with van der Waals surface area (Å²) in [6.45, 7) is 0. The molecule has 0 radical (unpaired) electrons. The highest BCUT2D eigenvalue weighted by Gasteiger charge is 1.03. The maximum absolute atomic E-state index is 8.35. The van der Waals surface area contributed by atoms with E-state index in [2.05, 4.69) is 0 Å². The van der Waals surface area contributed by atoms with Gasteiger partial charge in [-0.15, -0.1) is 12.4 Å². The van der Waals surface area contributed by atoms with Crippen molar-refractivity contribution in [2.24, 2.45) is 0 Å². The van der Waals surface area contributed by atoms with Crippen molar-refractivity contribution in [1.82, 2.24) is 0 Å². The quantitative estimate of drug-likeness (QED) is 0.275. The minimum atomic E-state index is 0. The lowest BCUT2D eigenvalue weighted by Crippen LogP contribution is -1.16. The molecule has 0 fully saturated rings. The van der Waals surface area contributed by atoms with Crippen molar-refractivity contribution in [3.05, 3.63) is 0 Å². The van der Waals surface area contributed by atoms with E-state index in [9.17, 15) is 0 Å². The molecule has 1 atom stereocenters. The van der Waals surface area contributed by atoms with Gasteiger partial charge in [-0.25, -0.2) is 10.2 Å². The Balaban J connectivity index is -0.0000000200. The fourth-order valence-electron chi connectivity index (χ4n) is 0. The van der Waals surface area contributed by atoms with Crippen molar-refractivity contribution in [2.45, 2.75) is 0 Å². The Hall–Kier alpha value is 0.1000. The highest BCUT2D eigenvalue weighted by Crippen LogP contribution is 0.868. The van der Waals surface area contributed by atoms with Crippen LogP contribution in [0.5, 0.6) is 0 Å². The van der Waals surface area contributed by atoms with Gasteiger partial charge >= 0.3 is 0 Å². The van der Waals surface area contributed by atoms with Crippen LogP contribution in [-0.2, 0) is 4.79 Å². The molecule has 0 saturated heterocycles. The molecule has 0 saturated carbocycles. The molecular formula is CH5ClNOP. The van der Waals surface area contributed by atoms with Gasteiger partial charge in [-0.3, -0.25) is 0 Å². The van der Waals surface area contributed by atoms with Gasteiger partial charge in [-0.05, 0) is 0 Å². The van der Waals surface area contributed by atoms with E-state index in [1.807, 2.05) is 0 Å². The molecule has 0 spiro atoms. The van der Waals surface area contributed by atoms with E-state index < -0.39 is 0 Å². The molecule has 0 amide bonds. The first-order chi connectivity index (χ1) is 1.41. The molecule has 0 aliphatic rings. The fourth-order valence-corrected chi connectivity index (χ4v) is 0. The number of hydrogen-bond acceptors (Lipinski definition) is 2. The lowest BCUT2D eigenvalue weighted by molar-refractivity contribution is 0.563. The zero-order valence-electron chi connectivity index (χ0n) is 2.52. The zero-order valence-corrected chi connectivity index (χ0v) is 4.75. The third kappa shape index (κ3) is 1810. The Morgan fingerprint density at radius 1 is 1.60 bits per heavy atom. The number of halogens is 1. The summed E-state index contributed by atoms with van der Waals surface area (Å²) in [6.07, 6.45) is 0.750. The molecule has 0 aromatic rings. The Morgan fingerprint density at radius 3 is 1.60 bits per heavy atom. The van der Waals surface area contributed by atoms with E-state index in [1.165, 1.54) is 0 Å². The maximum Gasteiger partial charge on any atom is 0.231 e. The third-order valence-corrected chi connectivity index (χ3v) is 0. The lowest BCUT2D eigenvalue weighted by atomic mass is 11.7. The number of carbonyl (C=O) groups excluding carboxylic acids is 1. The van der Waals surface area contributed by atoms with Gasteiger partial charge in [0, 0.05) is 0 Å². The number of isocyanates is 1. The molecule has 0 heterocycles. The van der Waals surface area contributed by atoms with Gasteiger partial charge in [0.05, 0.1) is 0 Å². The predicted octanol–water partition coefficient (Wildman–Crippen LogP) is 0.381. The zero-order chi connectivity index (χ0) is 2.71. The first kappa shape index (κ1) is 19.4. The topological polar surface area (TPSA) is 40.9 Å². The summed E-state index contributed by atoms with van der Waals surface area (Å²) in [4.78, 5) is 8.35. The minimum absolute atomic E-state index is 0. The van der Waals surface area contributed by atoms with Crippen molar-refractivity contribution >= 4 is 28.4 Å². The van der Waals surface area contributed by atoms with Gasteiger partial charge in [-0.1, -0.05) is 0 Å². The summed E-state index contributed by atoms with van der Waals surface area (Å²) in [5.74, 6) is 0. The van der Waals surface area contributed by atoms with Crippen molar-refractivity contribution < 1.29 is 4.79 Å². The molecule has 1 N–H and O–H groups in total. The van der Waals surface area contributed by atoms with E-state index in [1.54, 1.807) is 0 Å². The normalized spacial score (nSPS) is 1.60. The molecule has 2 nitrogen and oxygen atoms in total. The van der Waals surface area contributed by atoms with Crippen molar-refractivity contribution in [3.8, 4) is 0 Å². The second kappa shape index (κ2) is 32.6. The average Bonchev–Trinajstić information content (AvgIpc) is 0.918. The van der Waals surface area contributed by atoms with Crippen LogP contribution in [0, 0.1) is 5.41 Å². The monoisotopic (exact) mass is 113 g/mol. The van der Waals surface area contributed by atoms with E-state index in [0.717, 1.165) is 6.08 Å². The second-order valence-electron chi connectivity index (χ2n) is 0.102. The summed E-state index contributed by atoms with van der Waals surface area (Å²) in [7, 11) is 0. The number of nitrogens with one attached hydrogen (secondary N) is 1. The highest BCUT2D eigenvalue weighted by atomic mass is 35.5. The maximum atomic E-state index is 8.35. The van der Waals surface area contributed by atoms with E-state index >= 15 is 0 Å². The Kier molecular flexibility index (Phi) is 127. The lowest BCUT2D eigenvalue weighted by Gasteiger charge is -1.02. The molecule has 0 aromatic carbocycles. The van der Waals surface area contributed by atoms with Crippen LogP contribution in [0.25, 0.3) is 0 Å². The average molecular weight is 113 g/mol. The van der Waals surface area contributed by atoms with E-state index in [4.69, 9.17) is 10.2 Å².